The van der Waals surface area contributed by atoms with E-state index < -0.39 is 0 Å². The Balaban J connectivity index is 2.03. The van der Waals surface area contributed by atoms with Crippen molar-refractivity contribution < 1.29 is 4.79 Å². The number of hydrogen-bond donors (Lipinski definition) is 1. The molecule has 5 heteroatoms. The summed E-state index contributed by atoms with van der Waals surface area (Å²) < 4.78 is 1.11. The molecule has 1 N–H and O–H groups in total. The highest BCUT2D eigenvalue weighted by Gasteiger charge is 2.05. The third-order valence-corrected chi connectivity index (χ3v) is 5.30. The highest BCUT2D eigenvalue weighted by atomic mass is 35.5. The predicted octanol–water partition coefficient (Wildman–Crippen LogP) is 3.51. The van der Waals surface area contributed by atoms with Crippen molar-refractivity contribution in [2.24, 2.45) is 0 Å². The summed E-state index contributed by atoms with van der Waals surface area (Å²) in [6.45, 7) is 6.12. The number of benzene rings is 2. The van der Waals surface area contributed by atoms with E-state index in [2.05, 4.69) is 24.0 Å². The lowest BCUT2D eigenvalue weighted by molar-refractivity contribution is 0.106. The number of nitrogens with one attached hydrogen (secondary N) is 1. The molecule has 3 rings (SSSR count). The van der Waals surface area contributed by atoms with E-state index >= 15 is 0 Å². The van der Waals surface area contributed by atoms with Crippen LogP contribution in [0.4, 0.5) is 0 Å². The SMILES string of the molecule is Cc1cc(C)c(/C=c2\s/c(=C\C(=O)c3ccc(Cl)cc3)[nH]c2=O)c(C)c1. The Morgan fingerprint density at radius 1 is 1.08 bits per heavy atom. The van der Waals surface area contributed by atoms with Crippen LogP contribution in [0.5, 0.6) is 0 Å². The zero-order valence-corrected chi connectivity index (χ0v) is 16.3. The van der Waals surface area contributed by atoms with Gasteiger partial charge in [-0.25, -0.2) is 0 Å². The van der Waals surface area contributed by atoms with Crippen LogP contribution in [0.3, 0.4) is 0 Å². The number of ketones is 1. The fourth-order valence-corrected chi connectivity index (χ4v) is 3.88. The van der Waals surface area contributed by atoms with E-state index in [1.165, 1.54) is 23.0 Å². The van der Waals surface area contributed by atoms with Crippen molar-refractivity contribution in [2.45, 2.75) is 20.8 Å². The molecule has 0 saturated carbocycles. The van der Waals surface area contributed by atoms with Crippen LogP contribution in [0.15, 0.2) is 41.2 Å². The van der Waals surface area contributed by atoms with Gasteiger partial charge in [0.25, 0.3) is 5.56 Å². The largest absolute Gasteiger partial charge is 0.313 e. The molecule has 1 heterocycles. The van der Waals surface area contributed by atoms with E-state index in [0.29, 0.717) is 19.8 Å². The Bertz CT molecular complexity index is 1130. The van der Waals surface area contributed by atoms with Gasteiger partial charge in [-0.05, 0) is 67.8 Å². The first-order chi connectivity index (χ1) is 12.3. The van der Waals surface area contributed by atoms with Crippen molar-refractivity contribution in [1.29, 1.82) is 0 Å². The number of hydrogen-bond acceptors (Lipinski definition) is 3. The second kappa shape index (κ2) is 7.44. The topological polar surface area (TPSA) is 49.9 Å². The van der Waals surface area contributed by atoms with Crippen molar-refractivity contribution in [3.05, 3.63) is 88.8 Å². The molecule has 3 aromatic rings. The third-order valence-electron chi connectivity index (χ3n) is 4.08. The molecule has 1 aromatic heterocycles. The number of aromatic amines is 1. The summed E-state index contributed by atoms with van der Waals surface area (Å²) in [4.78, 5) is 27.4. The number of carbonyl (C=O) groups is 1. The molecule has 3 nitrogen and oxygen atoms in total. The summed E-state index contributed by atoms with van der Waals surface area (Å²) in [6, 6.07) is 10.9. The first-order valence-electron chi connectivity index (χ1n) is 8.14. The minimum absolute atomic E-state index is 0.173. The Hall–Kier alpha value is -2.43. The van der Waals surface area contributed by atoms with Crippen LogP contribution in [-0.2, 0) is 0 Å². The number of halogens is 1. The van der Waals surface area contributed by atoms with Crippen LogP contribution in [0, 0.1) is 20.8 Å². The van der Waals surface area contributed by atoms with Crippen LogP contribution in [-0.4, -0.2) is 10.8 Å². The minimum atomic E-state index is -0.190. The van der Waals surface area contributed by atoms with Crippen molar-refractivity contribution in [3.8, 4) is 0 Å². The maximum absolute atomic E-state index is 12.3. The predicted molar refractivity (Wildman–Crippen MR) is 109 cm³/mol. The first kappa shape index (κ1) is 18.4. The van der Waals surface area contributed by atoms with Gasteiger partial charge in [0, 0.05) is 16.7 Å². The van der Waals surface area contributed by atoms with Gasteiger partial charge in [-0.3, -0.25) is 9.59 Å². The van der Waals surface area contributed by atoms with Gasteiger partial charge in [0.1, 0.15) is 0 Å². The number of thiazole rings is 1. The number of Topliss-reactive ketones (excluding diaryl/α,β-unsaturated/α-hetero) is 1. The molecule has 0 aliphatic carbocycles. The van der Waals surface area contributed by atoms with Gasteiger partial charge in [0.15, 0.2) is 5.78 Å². The van der Waals surface area contributed by atoms with E-state index in [9.17, 15) is 9.59 Å². The molecule has 0 spiro atoms. The molecule has 0 amide bonds. The van der Waals surface area contributed by atoms with Crippen LogP contribution in [0.25, 0.3) is 12.2 Å². The Morgan fingerprint density at radius 3 is 2.31 bits per heavy atom. The molecule has 0 atom stereocenters. The van der Waals surface area contributed by atoms with Gasteiger partial charge in [-0.2, -0.15) is 0 Å². The molecule has 132 valence electrons. The molecule has 0 aliphatic rings. The molecule has 0 aliphatic heterocycles. The highest BCUT2D eigenvalue weighted by Crippen LogP contribution is 2.16. The van der Waals surface area contributed by atoms with Crippen LogP contribution in [0.2, 0.25) is 5.02 Å². The van der Waals surface area contributed by atoms with Gasteiger partial charge >= 0.3 is 0 Å². The maximum Gasteiger partial charge on any atom is 0.266 e. The lowest BCUT2D eigenvalue weighted by atomic mass is 10.00. The molecular weight excluding hydrogens is 366 g/mol. The average Bonchev–Trinajstić information content (AvgIpc) is 2.90. The molecule has 0 bridgehead atoms. The van der Waals surface area contributed by atoms with Gasteiger partial charge in [-0.1, -0.05) is 29.3 Å². The summed E-state index contributed by atoms with van der Waals surface area (Å²) in [5.41, 5.74) is 4.82. The van der Waals surface area contributed by atoms with Gasteiger partial charge in [-0.15, -0.1) is 11.3 Å². The smallest absolute Gasteiger partial charge is 0.266 e. The fraction of sp³-hybridized carbons (Fsp3) is 0.143. The Labute approximate surface area is 160 Å². The zero-order chi connectivity index (χ0) is 18.8. The second-order valence-electron chi connectivity index (χ2n) is 6.26. The number of aromatic nitrogens is 1. The lowest BCUT2D eigenvalue weighted by Crippen LogP contribution is -2.20. The van der Waals surface area contributed by atoms with E-state index in [4.69, 9.17) is 11.6 Å². The highest BCUT2D eigenvalue weighted by molar-refractivity contribution is 7.07. The molecule has 0 unspecified atom stereocenters. The number of rotatable bonds is 3. The molecule has 0 radical (unpaired) electrons. The molecule has 0 fully saturated rings. The number of aryl methyl sites for hydroxylation is 3. The van der Waals surface area contributed by atoms with E-state index in [1.807, 2.05) is 19.9 Å². The van der Waals surface area contributed by atoms with E-state index in [-0.39, 0.29) is 11.3 Å². The van der Waals surface area contributed by atoms with Gasteiger partial charge in [0.2, 0.25) is 0 Å². The van der Waals surface area contributed by atoms with Crippen molar-refractivity contribution >= 4 is 40.9 Å². The minimum Gasteiger partial charge on any atom is -0.313 e. The van der Waals surface area contributed by atoms with E-state index in [0.717, 1.165) is 16.7 Å². The summed E-state index contributed by atoms with van der Waals surface area (Å²) in [5, 5.41) is 0.576. The van der Waals surface area contributed by atoms with Crippen molar-refractivity contribution in [2.75, 3.05) is 0 Å². The number of carbonyl (C=O) groups excluding carboxylic acids is 1. The molecule has 0 saturated heterocycles. The summed E-state index contributed by atoms with van der Waals surface area (Å²) in [7, 11) is 0. The van der Waals surface area contributed by atoms with Crippen LogP contribution in [0.1, 0.15) is 32.6 Å². The lowest BCUT2D eigenvalue weighted by Gasteiger charge is -2.06. The normalized spacial score (nSPS) is 12.6. The average molecular weight is 384 g/mol. The Kier molecular flexibility index (Phi) is 5.25. The molecule has 2 aromatic carbocycles. The second-order valence-corrected chi connectivity index (χ2v) is 7.78. The monoisotopic (exact) mass is 383 g/mol. The third kappa shape index (κ3) is 4.03. The fourth-order valence-electron chi connectivity index (χ4n) is 2.89. The van der Waals surface area contributed by atoms with Crippen molar-refractivity contribution in [3.63, 3.8) is 0 Å². The maximum atomic E-state index is 12.3. The first-order valence-corrected chi connectivity index (χ1v) is 9.33. The van der Waals surface area contributed by atoms with Crippen LogP contribution >= 0.6 is 22.9 Å². The quantitative estimate of drug-likeness (QED) is 0.703. The van der Waals surface area contributed by atoms with Gasteiger partial charge in [0.05, 0.1) is 9.20 Å². The van der Waals surface area contributed by atoms with Gasteiger partial charge < -0.3 is 4.98 Å². The van der Waals surface area contributed by atoms with Crippen LogP contribution < -0.4 is 14.8 Å². The standard InChI is InChI=1S/C21H18ClNO2S/c1-12-8-13(2)17(14(3)9-12)10-19-21(25)23-20(26-19)11-18(24)15-4-6-16(22)7-5-15/h4-11H,1-3H3,(H,23,25)/b19-10-,20-11-. The summed E-state index contributed by atoms with van der Waals surface area (Å²) >= 11 is 7.12. The summed E-state index contributed by atoms with van der Waals surface area (Å²) in [5.74, 6) is -0.173. The van der Waals surface area contributed by atoms with Crippen molar-refractivity contribution in [1.82, 2.24) is 4.98 Å². The molecular formula is C21H18ClNO2S. The van der Waals surface area contributed by atoms with E-state index in [1.54, 1.807) is 24.3 Å². The molecule has 26 heavy (non-hydrogen) atoms. The number of H-pyrrole nitrogens is 1. The zero-order valence-electron chi connectivity index (χ0n) is 14.7. The summed E-state index contributed by atoms with van der Waals surface area (Å²) in [6.07, 6.45) is 3.33. The Morgan fingerprint density at radius 2 is 1.69 bits per heavy atom.